The van der Waals surface area contributed by atoms with Crippen molar-refractivity contribution < 1.29 is 21.8 Å². The molecule has 8 nitrogen and oxygen atoms in total. The number of nitrogens with zero attached hydrogens (tertiary/aromatic N) is 3. The van der Waals surface area contributed by atoms with Crippen molar-refractivity contribution in [2.24, 2.45) is 5.92 Å². The highest BCUT2D eigenvalue weighted by molar-refractivity contribution is 7.85. The lowest BCUT2D eigenvalue weighted by Crippen LogP contribution is -2.13. The van der Waals surface area contributed by atoms with Crippen LogP contribution in [0, 0.1) is 24.5 Å². The summed E-state index contributed by atoms with van der Waals surface area (Å²) in [6, 6.07) is 9.44. The molecule has 0 aliphatic carbocycles. The molecule has 2 heterocycles. The van der Waals surface area contributed by atoms with Gasteiger partial charge < -0.3 is 15.3 Å². The highest BCUT2D eigenvalue weighted by Gasteiger charge is 2.20. The molecule has 11 heteroatoms. The number of fused-ring (bicyclic) bond motifs is 1. The fraction of sp³-hybridized carbons (Fsp3) is 0.304. The fourth-order valence-electron chi connectivity index (χ4n) is 3.57. The van der Waals surface area contributed by atoms with E-state index in [-0.39, 0.29) is 11.6 Å². The molecular weight excluding hydrogens is 464 g/mol. The summed E-state index contributed by atoms with van der Waals surface area (Å²) >= 11 is 0. The van der Waals surface area contributed by atoms with Crippen molar-refractivity contribution in [2.45, 2.75) is 33.7 Å². The molecular formula is C23H27F2N5O3S. The number of aromatic nitrogens is 4. The number of hydrogen-bond donors (Lipinski definition) is 3. The quantitative estimate of drug-likeness (QED) is 0.346. The normalized spacial score (nSPS) is 12.6. The first kappa shape index (κ1) is 25.3. The van der Waals surface area contributed by atoms with Crippen molar-refractivity contribution in [3.8, 4) is 22.5 Å². The van der Waals surface area contributed by atoms with Crippen molar-refractivity contribution in [1.29, 1.82) is 0 Å². The van der Waals surface area contributed by atoms with Crippen LogP contribution in [0.4, 0.5) is 14.7 Å². The van der Waals surface area contributed by atoms with Crippen LogP contribution in [0.25, 0.3) is 33.5 Å². The number of aromatic amines is 1. The van der Waals surface area contributed by atoms with Crippen LogP contribution in [0.15, 0.2) is 36.4 Å². The molecule has 2 aromatic carbocycles. The van der Waals surface area contributed by atoms with Gasteiger partial charge in [-0.2, -0.15) is 8.42 Å². The predicted molar refractivity (Wildman–Crippen MR) is 129 cm³/mol. The first-order chi connectivity index (χ1) is 15.8. The van der Waals surface area contributed by atoms with E-state index < -0.39 is 21.8 Å². The van der Waals surface area contributed by atoms with Gasteiger partial charge in [0.15, 0.2) is 0 Å². The molecule has 4 N–H and O–H groups in total. The third kappa shape index (κ3) is 5.60. The van der Waals surface area contributed by atoms with Crippen LogP contribution >= 0.6 is 0 Å². The van der Waals surface area contributed by atoms with Crippen molar-refractivity contribution in [3.05, 3.63) is 53.9 Å². The Kier molecular flexibility index (Phi) is 7.08. The van der Waals surface area contributed by atoms with Crippen LogP contribution in [0.2, 0.25) is 0 Å². The molecule has 1 atom stereocenters. The number of imidazole rings is 2. The van der Waals surface area contributed by atoms with Crippen molar-refractivity contribution in [2.75, 3.05) is 12.0 Å². The van der Waals surface area contributed by atoms with Gasteiger partial charge in [-0.05, 0) is 44.0 Å². The zero-order valence-corrected chi connectivity index (χ0v) is 20.3. The van der Waals surface area contributed by atoms with Crippen molar-refractivity contribution >= 4 is 27.1 Å². The van der Waals surface area contributed by atoms with E-state index in [0.717, 1.165) is 22.7 Å². The molecule has 0 bridgehead atoms. The summed E-state index contributed by atoms with van der Waals surface area (Å²) in [5.74, 6) is 0.202. The number of anilines is 1. The number of benzene rings is 2. The summed E-state index contributed by atoms with van der Waals surface area (Å²) in [4.78, 5) is 12.1. The minimum atomic E-state index is -3.67. The minimum Gasteiger partial charge on any atom is -0.369 e. The fourth-order valence-corrected chi connectivity index (χ4v) is 3.57. The Labute approximate surface area is 196 Å². The minimum absolute atomic E-state index is 0.160. The Balaban J connectivity index is 0.000000588. The average Bonchev–Trinajstić information content (AvgIpc) is 3.24. The molecule has 0 radical (unpaired) electrons. The second-order valence-electron chi connectivity index (χ2n) is 8.43. The summed E-state index contributed by atoms with van der Waals surface area (Å²) < 4.78 is 55.7. The van der Waals surface area contributed by atoms with Crippen LogP contribution in [0.5, 0.6) is 0 Å². The predicted octanol–water partition coefficient (Wildman–Crippen LogP) is 4.98. The third-order valence-electron chi connectivity index (χ3n) is 5.39. The zero-order chi connectivity index (χ0) is 25.4. The Morgan fingerprint density at radius 3 is 2.32 bits per heavy atom. The van der Waals surface area contributed by atoms with Crippen molar-refractivity contribution in [1.82, 2.24) is 19.5 Å². The molecule has 0 aliphatic heterocycles. The monoisotopic (exact) mass is 491 g/mol. The first-order valence-corrected chi connectivity index (χ1v) is 12.3. The van der Waals surface area contributed by atoms with Gasteiger partial charge in [0.05, 0.1) is 28.7 Å². The Bertz CT molecular complexity index is 1440. The molecule has 0 saturated heterocycles. The standard InChI is InChI=1S/C22H23F2N5.CH4O3S/c1-11(2)12(3)29-19-9-14(5-8-18(19)28-22(29)25)20-21(27-13(4)26-20)16-7-6-15(23)10-17(16)24;1-5(2,3)4/h5-12H,1-4H3,(H2,25,28)(H,26,27);1H3,(H,2,3,4). The van der Waals surface area contributed by atoms with E-state index >= 15 is 0 Å². The number of halogens is 2. The van der Waals surface area contributed by atoms with E-state index in [1.165, 1.54) is 12.1 Å². The molecule has 0 amide bonds. The van der Waals surface area contributed by atoms with Gasteiger partial charge in [0, 0.05) is 23.2 Å². The second-order valence-corrected chi connectivity index (χ2v) is 9.90. The SMILES string of the molecule is CS(=O)(=O)O.Cc1nc(-c2ccc(F)cc2F)c(-c2ccc3nc(N)n(C(C)C(C)C)c3c2)[nH]1. The number of nitrogens with one attached hydrogen (secondary N) is 1. The lowest BCUT2D eigenvalue weighted by atomic mass is 10.0. The maximum absolute atomic E-state index is 14.4. The summed E-state index contributed by atoms with van der Waals surface area (Å²) in [7, 11) is -3.67. The summed E-state index contributed by atoms with van der Waals surface area (Å²) in [6.07, 6.45) is 0.715. The molecule has 0 fully saturated rings. The molecule has 0 spiro atoms. The maximum atomic E-state index is 14.4. The molecule has 1 unspecified atom stereocenters. The van der Waals surface area contributed by atoms with Crippen LogP contribution in [-0.2, 0) is 10.1 Å². The van der Waals surface area contributed by atoms with E-state index in [1.54, 1.807) is 6.92 Å². The van der Waals surface area contributed by atoms with E-state index in [2.05, 4.69) is 35.7 Å². The number of nitrogen functional groups attached to an aromatic ring is 1. The van der Waals surface area contributed by atoms with Crippen molar-refractivity contribution in [3.63, 3.8) is 0 Å². The van der Waals surface area contributed by atoms with E-state index in [0.29, 0.717) is 35.3 Å². The smallest absolute Gasteiger partial charge is 0.261 e. The van der Waals surface area contributed by atoms with Gasteiger partial charge in [0.25, 0.3) is 10.1 Å². The highest BCUT2D eigenvalue weighted by atomic mass is 32.2. The lowest BCUT2D eigenvalue weighted by Gasteiger charge is -2.19. The van der Waals surface area contributed by atoms with Gasteiger partial charge in [0.1, 0.15) is 17.5 Å². The summed E-state index contributed by atoms with van der Waals surface area (Å²) in [5, 5.41) is 0. The molecule has 2 aromatic heterocycles. The van der Waals surface area contributed by atoms with Gasteiger partial charge in [-0.25, -0.2) is 18.7 Å². The Hall–Kier alpha value is -3.31. The number of H-pyrrole nitrogens is 1. The van der Waals surface area contributed by atoms with E-state index in [1.807, 2.05) is 22.8 Å². The topological polar surface area (TPSA) is 127 Å². The second kappa shape index (κ2) is 9.51. The average molecular weight is 492 g/mol. The summed E-state index contributed by atoms with van der Waals surface area (Å²) in [5.41, 5.74) is 10.1. The molecule has 4 aromatic rings. The van der Waals surface area contributed by atoms with Crippen LogP contribution in [0.3, 0.4) is 0 Å². The van der Waals surface area contributed by atoms with E-state index in [4.69, 9.17) is 10.3 Å². The third-order valence-corrected chi connectivity index (χ3v) is 5.39. The van der Waals surface area contributed by atoms with Gasteiger partial charge in [-0.15, -0.1) is 0 Å². The number of hydrogen-bond acceptors (Lipinski definition) is 5. The molecule has 0 aliphatic rings. The van der Waals surface area contributed by atoms with Gasteiger partial charge in [0.2, 0.25) is 5.95 Å². The number of rotatable bonds is 4. The molecule has 0 saturated carbocycles. The lowest BCUT2D eigenvalue weighted by molar-refractivity contribution is 0.421. The number of nitrogens with two attached hydrogens (primary N) is 1. The maximum Gasteiger partial charge on any atom is 0.261 e. The zero-order valence-electron chi connectivity index (χ0n) is 19.5. The van der Waals surface area contributed by atoms with Gasteiger partial charge in [-0.3, -0.25) is 4.55 Å². The molecule has 34 heavy (non-hydrogen) atoms. The highest BCUT2D eigenvalue weighted by Crippen LogP contribution is 2.35. The Morgan fingerprint density at radius 1 is 1.09 bits per heavy atom. The van der Waals surface area contributed by atoms with Gasteiger partial charge in [-0.1, -0.05) is 19.9 Å². The largest absolute Gasteiger partial charge is 0.369 e. The summed E-state index contributed by atoms with van der Waals surface area (Å²) in [6.45, 7) is 8.17. The molecule has 4 rings (SSSR count). The Morgan fingerprint density at radius 2 is 1.74 bits per heavy atom. The number of aryl methyl sites for hydroxylation is 1. The first-order valence-electron chi connectivity index (χ1n) is 10.5. The van der Waals surface area contributed by atoms with Gasteiger partial charge >= 0.3 is 0 Å². The van der Waals surface area contributed by atoms with E-state index in [9.17, 15) is 17.2 Å². The van der Waals surface area contributed by atoms with Crippen LogP contribution in [-0.4, -0.2) is 38.7 Å². The van der Waals surface area contributed by atoms with Crippen LogP contribution in [0.1, 0.15) is 32.6 Å². The molecule has 182 valence electrons. The van der Waals surface area contributed by atoms with Crippen LogP contribution < -0.4 is 5.73 Å².